The van der Waals surface area contributed by atoms with Crippen molar-refractivity contribution in [3.8, 4) is 0 Å². The van der Waals surface area contributed by atoms with E-state index in [4.69, 9.17) is 4.74 Å². The molecule has 0 aliphatic heterocycles. The van der Waals surface area contributed by atoms with Crippen LogP contribution < -0.4 is 0 Å². The zero-order valence-electron chi connectivity index (χ0n) is 13.5. The molecule has 0 amide bonds. The van der Waals surface area contributed by atoms with Gasteiger partial charge in [-0.15, -0.1) is 0 Å². The molecule has 1 aliphatic rings. The van der Waals surface area contributed by atoms with Crippen LogP contribution in [0, 0.1) is 5.92 Å². The number of aromatic nitrogens is 1. The molecule has 3 rings (SSSR count). The van der Waals surface area contributed by atoms with E-state index in [1.54, 1.807) is 0 Å². The van der Waals surface area contributed by atoms with Gasteiger partial charge in [0.15, 0.2) is 0 Å². The van der Waals surface area contributed by atoms with Crippen molar-refractivity contribution in [1.82, 2.24) is 4.57 Å². The molecule has 1 aromatic carbocycles. The second-order valence-electron chi connectivity index (χ2n) is 7.08. The lowest BCUT2D eigenvalue weighted by Gasteiger charge is -2.19. The maximum absolute atomic E-state index is 12.1. The Morgan fingerprint density at radius 2 is 1.95 bits per heavy atom. The van der Waals surface area contributed by atoms with Crippen molar-refractivity contribution in [3.63, 3.8) is 0 Å². The fourth-order valence-electron chi connectivity index (χ4n) is 2.77. The van der Waals surface area contributed by atoms with Crippen LogP contribution in [0.5, 0.6) is 0 Å². The van der Waals surface area contributed by atoms with Gasteiger partial charge in [-0.05, 0) is 50.3 Å². The molecule has 1 saturated carbocycles. The Bertz CT molecular complexity index is 652. The fraction of sp³-hybridized carbons (Fsp3) is 0.421. The van der Waals surface area contributed by atoms with Crippen molar-refractivity contribution >= 4 is 5.97 Å². The Hall–Kier alpha value is -2.03. The number of ether oxygens (including phenoxy) is 1. The molecule has 1 fully saturated rings. The molecule has 0 bridgehead atoms. The van der Waals surface area contributed by atoms with E-state index in [1.807, 2.05) is 26.8 Å². The lowest BCUT2D eigenvalue weighted by molar-refractivity contribution is -0.156. The molecule has 22 heavy (non-hydrogen) atoms. The molecule has 3 nitrogen and oxygen atoms in total. The predicted octanol–water partition coefficient (Wildman–Crippen LogP) is 3.98. The van der Waals surface area contributed by atoms with Crippen molar-refractivity contribution in [2.45, 2.75) is 45.3 Å². The van der Waals surface area contributed by atoms with Crippen LogP contribution >= 0.6 is 0 Å². The second kappa shape index (κ2) is 5.64. The largest absolute Gasteiger partial charge is 0.460 e. The Balaban J connectivity index is 1.60. The summed E-state index contributed by atoms with van der Waals surface area (Å²) in [6.07, 6.45) is 5.15. The summed E-state index contributed by atoms with van der Waals surface area (Å²) < 4.78 is 7.65. The summed E-state index contributed by atoms with van der Waals surface area (Å²) in [5, 5.41) is 0. The summed E-state index contributed by atoms with van der Waals surface area (Å²) >= 11 is 0. The number of nitrogens with zero attached hydrogens (tertiary/aromatic N) is 1. The van der Waals surface area contributed by atoms with E-state index < -0.39 is 5.60 Å². The maximum atomic E-state index is 12.1. The summed E-state index contributed by atoms with van der Waals surface area (Å²) in [5.74, 6) is 0.298. The minimum atomic E-state index is -0.399. The zero-order chi connectivity index (χ0) is 15.7. The monoisotopic (exact) mass is 297 g/mol. The van der Waals surface area contributed by atoms with Crippen LogP contribution in [0.1, 0.15) is 44.2 Å². The molecule has 1 heterocycles. The van der Waals surface area contributed by atoms with E-state index in [9.17, 15) is 4.79 Å². The average molecular weight is 297 g/mol. The standard InChI is InChI=1S/C19H23NO2/c1-19(2,3)22-18(21)17-11-16(17)15-9-10-20(13-15)12-14-7-5-4-6-8-14/h4-10,13,16-17H,11-12H2,1-3H3/t16-,17-/m0/s1. The number of carbonyl (C=O) groups excluding carboxylic acids is 1. The van der Waals surface area contributed by atoms with E-state index >= 15 is 0 Å². The first-order chi connectivity index (χ1) is 10.4. The third-order valence-corrected chi connectivity index (χ3v) is 3.91. The maximum Gasteiger partial charge on any atom is 0.310 e. The molecular formula is C19H23NO2. The quantitative estimate of drug-likeness (QED) is 0.799. The Morgan fingerprint density at radius 1 is 1.23 bits per heavy atom. The van der Waals surface area contributed by atoms with Crippen LogP contribution in [0.25, 0.3) is 0 Å². The third kappa shape index (κ3) is 3.59. The van der Waals surface area contributed by atoms with Crippen LogP contribution in [0.2, 0.25) is 0 Å². The molecule has 116 valence electrons. The van der Waals surface area contributed by atoms with Crippen LogP contribution in [-0.2, 0) is 16.1 Å². The van der Waals surface area contributed by atoms with Gasteiger partial charge in [-0.2, -0.15) is 0 Å². The molecule has 0 N–H and O–H groups in total. The lowest BCUT2D eigenvalue weighted by Crippen LogP contribution is -2.25. The summed E-state index contributed by atoms with van der Waals surface area (Å²) in [6.45, 7) is 6.61. The van der Waals surface area contributed by atoms with E-state index in [-0.39, 0.29) is 11.9 Å². The molecule has 0 saturated heterocycles. The second-order valence-corrected chi connectivity index (χ2v) is 7.08. The highest BCUT2D eigenvalue weighted by atomic mass is 16.6. The van der Waals surface area contributed by atoms with Gasteiger partial charge in [0.2, 0.25) is 0 Å². The highest BCUT2D eigenvalue weighted by Gasteiger charge is 2.46. The van der Waals surface area contributed by atoms with Gasteiger partial charge >= 0.3 is 5.97 Å². The summed E-state index contributed by atoms with van der Waals surface area (Å²) in [6, 6.07) is 12.5. The minimum Gasteiger partial charge on any atom is -0.460 e. The van der Waals surface area contributed by atoms with Crippen molar-refractivity contribution in [1.29, 1.82) is 0 Å². The Kier molecular flexibility index (Phi) is 3.81. The predicted molar refractivity (Wildman–Crippen MR) is 86.7 cm³/mol. The van der Waals surface area contributed by atoms with Gasteiger partial charge in [-0.3, -0.25) is 4.79 Å². The number of hydrogen-bond acceptors (Lipinski definition) is 2. The number of benzene rings is 1. The highest BCUT2D eigenvalue weighted by molar-refractivity contribution is 5.77. The van der Waals surface area contributed by atoms with Gasteiger partial charge in [-0.1, -0.05) is 30.3 Å². The van der Waals surface area contributed by atoms with Crippen molar-refractivity contribution in [2.24, 2.45) is 5.92 Å². The molecule has 0 radical (unpaired) electrons. The fourth-order valence-corrected chi connectivity index (χ4v) is 2.77. The molecule has 1 aromatic heterocycles. The van der Waals surface area contributed by atoms with Crippen molar-refractivity contribution in [3.05, 3.63) is 59.9 Å². The highest BCUT2D eigenvalue weighted by Crippen LogP contribution is 2.48. The first-order valence-corrected chi connectivity index (χ1v) is 7.85. The minimum absolute atomic E-state index is 0.0341. The SMILES string of the molecule is CC(C)(C)OC(=O)[C@H]1C[C@H]1c1ccn(Cc2ccccc2)c1. The summed E-state index contributed by atoms with van der Waals surface area (Å²) in [5.41, 5.74) is 2.12. The van der Waals surface area contributed by atoms with E-state index in [0.29, 0.717) is 5.92 Å². The molecule has 0 spiro atoms. The number of hydrogen-bond donors (Lipinski definition) is 0. The number of rotatable bonds is 4. The normalized spacial score (nSPS) is 20.7. The first kappa shape index (κ1) is 14.9. The summed E-state index contributed by atoms with van der Waals surface area (Å²) in [7, 11) is 0. The van der Waals surface area contributed by atoms with Crippen LogP contribution in [0.4, 0.5) is 0 Å². The average Bonchev–Trinajstić information content (AvgIpc) is 3.12. The summed E-state index contributed by atoms with van der Waals surface area (Å²) in [4.78, 5) is 12.1. The Labute approximate surface area is 131 Å². The number of esters is 1. The van der Waals surface area contributed by atoms with E-state index in [0.717, 1.165) is 13.0 Å². The smallest absolute Gasteiger partial charge is 0.310 e. The van der Waals surface area contributed by atoms with Crippen LogP contribution in [-0.4, -0.2) is 16.1 Å². The molecule has 1 aliphatic carbocycles. The van der Waals surface area contributed by atoms with Gasteiger partial charge in [0.25, 0.3) is 0 Å². The van der Waals surface area contributed by atoms with Gasteiger partial charge in [0, 0.05) is 18.9 Å². The molecule has 0 unspecified atom stereocenters. The van der Waals surface area contributed by atoms with Gasteiger partial charge < -0.3 is 9.30 Å². The topological polar surface area (TPSA) is 31.2 Å². The lowest BCUT2D eigenvalue weighted by atomic mass is 10.1. The van der Waals surface area contributed by atoms with E-state index in [2.05, 4.69) is 47.3 Å². The van der Waals surface area contributed by atoms with Crippen molar-refractivity contribution < 1.29 is 9.53 Å². The zero-order valence-corrected chi connectivity index (χ0v) is 13.5. The van der Waals surface area contributed by atoms with Gasteiger partial charge in [-0.25, -0.2) is 0 Å². The molecule has 2 aromatic rings. The molecular weight excluding hydrogens is 274 g/mol. The van der Waals surface area contributed by atoms with Crippen LogP contribution in [0.15, 0.2) is 48.8 Å². The van der Waals surface area contributed by atoms with Crippen molar-refractivity contribution in [2.75, 3.05) is 0 Å². The van der Waals surface area contributed by atoms with Gasteiger partial charge in [0.05, 0.1) is 5.92 Å². The first-order valence-electron chi connectivity index (χ1n) is 7.85. The van der Waals surface area contributed by atoms with E-state index in [1.165, 1.54) is 11.1 Å². The van der Waals surface area contributed by atoms with Gasteiger partial charge in [0.1, 0.15) is 5.60 Å². The van der Waals surface area contributed by atoms with Crippen LogP contribution in [0.3, 0.4) is 0 Å². The number of carbonyl (C=O) groups is 1. The molecule has 2 atom stereocenters. The Morgan fingerprint density at radius 3 is 2.64 bits per heavy atom. The third-order valence-electron chi connectivity index (χ3n) is 3.91. The molecule has 3 heteroatoms.